The molecule has 0 aliphatic rings. The highest BCUT2D eigenvalue weighted by Gasteiger charge is 2.14. The minimum atomic E-state index is -4.33. The van der Waals surface area contributed by atoms with Gasteiger partial charge in [-0.05, 0) is 30.2 Å². The molecule has 0 saturated heterocycles. The van der Waals surface area contributed by atoms with Crippen LogP contribution in [0.15, 0.2) is 57.7 Å². The van der Waals surface area contributed by atoms with E-state index in [0.717, 1.165) is 0 Å². The molecule has 0 saturated carbocycles. The summed E-state index contributed by atoms with van der Waals surface area (Å²) in [5.41, 5.74) is 0.692. The van der Waals surface area contributed by atoms with E-state index in [1.54, 1.807) is 19.2 Å². The van der Waals surface area contributed by atoms with E-state index in [0.29, 0.717) is 43.9 Å². The molecule has 2 N–H and O–H groups in total. The van der Waals surface area contributed by atoms with E-state index < -0.39 is 10.1 Å². The summed E-state index contributed by atoms with van der Waals surface area (Å²) in [4.78, 5) is 15.9. The van der Waals surface area contributed by atoms with Crippen LogP contribution >= 0.6 is 0 Å². The van der Waals surface area contributed by atoms with Gasteiger partial charge in [0.2, 0.25) is 0 Å². The number of benzene rings is 1. The molecule has 0 unspecified atom stereocenters. The van der Waals surface area contributed by atoms with Gasteiger partial charge in [0.05, 0.1) is 30.2 Å². The molecule has 11 heteroatoms. The summed E-state index contributed by atoms with van der Waals surface area (Å²) in [6.07, 6.45) is 2.06. The second-order valence-electron chi connectivity index (χ2n) is 6.10. The van der Waals surface area contributed by atoms with Crippen LogP contribution in [0.2, 0.25) is 0 Å². The molecule has 1 aromatic heterocycles. The van der Waals surface area contributed by atoms with Crippen LogP contribution in [0.1, 0.15) is 22.3 Å². The van der Waals surface area contributed by atoms with Gasteiger partial charge in [-0.3, -0.25) is 9.35 Å². The van der Waals surface area contributed by atoms with Gasteiger partial charge in [-0.15, -0.1) is 5.11 Å². The lowest BCUT2D eigenvalue weighted by molar-refractivity contribution is 0.0688. The fraction of sp³-hybridized carbons (Fsp3) is 0.368. The van der Waals surface area contributed by atoms with E-state index in [2.05, 4.69) is 20.5 Å². The van der Waals surface area contributed by atoms with E-state index in [-0.39, 0.29) is 23.2 Å². The zero-order chi connectivity index (χ0) is 21.8. The third-order valence-corrected chi connectivity index (χ3v) is 4.81. The van der Waals surface area contributed by atoms with Gasteiger partial charge in [-0.1, -0.05) is 18.2 Å². The minimum absolute atomic E-state index is 0.0493. The summed E-state index contributed by atoms with van der Waals surface area (Å²) in [7, 11) is -2.73. The maximum Gasteiger partial charge on any atom is 0.294 e. The molecule has 30 heavy (non-hydrogen) atoms. The highest BCUT2D eigenvalue weighted by Crippen LogP contribution is 2.17. The number of azo groups is 1. The Morgan fingerprint density at radius 3 is 2.67 bits per heavy atom. The Morgan fingerprint density at radius 1 is 1.17 bits per heavy atom. The number of amides is 1. The number of pyridine rings is 1. The number of nitrogens with zero attached hydrogens (tertiary/aromatic N) is 3. The van der Waals surface area contributed by atoms with Gasteiger partial charge in [-0.25, -0.2) is 4.98 Å². The molecule has 0 atom stereocenters. The van der Waals surface area contributed by atoms with E-state index in [4.69, 9.17) is 9.47 Å². The molecular weight excluding hydrogens is 412 g/mol. The average Bonchev–Trinajstić information content (AvgIpc) is 2.73. The first kappa shape index (κ1) is 23.5. The maximum atomic E-state index is 12.1. The quantitative estimate of drug-likeness (QED) is 0.296. The molecular formula is C19H24N4O6S. The Bertz CT molecular complexity index is 948. The molecule has 1 amide bonds. The van der Waals surface area contributed by atoms with Gasteiger partial charge in [0.1, 0.15) is 0 Å². The van der Waals surface area contributed by atoms with Crippen molar-refractivity contribution < 1.29 is 27.2 Å². The Morgan fingerprint density at radius 2 is 1.97 bits per heavy atom. The second kappa shape index (κ2) is 12.1. The van der Waals surface area contributed by atoms with Gasteiger partial charge < -0.3 is 14.8 Å². The van der Waals surface area contributed by atoms with Crippen molar-refractivity contribution in [3.8, 4) is 0 Å². The van der Waals surface area contributed by atoms with E-state index >= 15 is 0 Å². The van der Waals surface area contributed by atoms with Crippen molar-refractivity contribution >= 4 is 21.8 Å². The summed E-state index contributed by atoms with van der Waals surface area (Å²) in [6, 6.07) is 9.06. The Labute approximate surface area is 175 Å². The van der Waals surface area contributed by atoms with Crippen LogP contribution in [0.4, 0.5) is 5.82 Å². The van der Waals surface area contributed by atoms with Crippen molar-refractivity contribution in [3.05, 3.63) is 53.7 Å². The van der Waals surface area contributed by atoms with Crippen molar-refractivity contribution in [3.63, 3.8) is 0 Å². The summed E-state index contributed by atoms with van der Waals surface area (Å²) in [5.74, 6) is 0.00684. The molecule has 1 aromatic carbocycles. The molecule has 2 rings (SSSR count). The van der Waals surface area contributed by atoms with Gasteiger partial charge in [0, 0.05) is 26.5 Å². The van der Waals surface area contributed by atoms with Crippen LogP contribution < -0.4 is 5.32 Å². The third kappa shape index (κ3) is 7.95. The number of aromatic nitrogens is 1. The molecule has 2 aromatic rings. The topological polar surface area (TPSA) is 140 Å². The van der Waals surface area contributed by atoms with Crippen LogP contribution in [0.25, 0.3) is 0 Å². The van der Waals surface area contributed by atoms with Gasteiger partial charge in [-0.2, -0.15) is 13.5 Å². The van der Waals surface area contributed by atoms with E-state index in [9.17, 15) is 17.8 Å². The molecule has 0 fully saturated rings. The number of hydrogen-bond donors (Lipinski definition) is 2. The SMILES string of the molecule is COCCOCCCNC(=O)c1ccc(N=NCc2ccccc2S(=O)(=O)O)nc1. The first-order valence-electron chi connectivity index (χ1n) is 9.15. The minimum Gasteiger partial charge on any atom is -0.382 e. The van der Waals surface area contributed by atoms with Crippen molar-refractivity contribution in [2.75, 3.05) is 33.5 Å². The second-order valence-corrected chi connectivity index (χ2v) is 7.49. The summed E-state index contributed by atoms with van der Waals surface area (Å²) >= 11 is 0. The summed E-state index contributed by atoms with van der Waals surface area (Å²) in [6.45, 7) is 2.01. The number of nitrogens with one attached hydrogen (secondary N) is 1. The smallest absolute Gasteiger partial charge is 0.294 e. The molecule has 10 nitrogen and oxygen atoms in total. The molecule has 0 radical (unpaired) electrons. The van der Waals surface area contributed by atoms with Crippen LogP contribution in [-0.2, 0) is 26.1 Å². The number of ether oxygens (including phenoxy) is 2. The molecule has 0 aliphatic carbocycles. The predicted octanol–water partition coefficient (Wildman–Crippen LogP) is 2.40. The first-order chi connectivity index (χ1) is 14.4. The monoisotopic (exact) mass is 436 g/mol. The highest BCUT2D eigenvalue weighted by atomic mass is 32.2. The summed E-state index contributed by atoms with van der Waals surface area (Å²) < 4.78 is 42.1. The number of methoxy groups -OCH3 is 1. The number of hydrogen-bond acceptors (Lipinski definition) is 8. The molecule has 1 heterocycles. The van der Waals surface area contributed by atoms with Crippen LogP contribution in [0, 0.1) is 0 Å². The Hall–Kier alpha value is -2.73. The fourth-order valence-electron chi connectivity index (χ4n) is 2.37. The molecule has 0 bridgehead atoms. The number of carbonyl (C=O) groups is 1. The van der Waals surface area contributed by atoms with Gasteiger partial charge in [0.25, 0.3) is 16.0 Å². The average molecular weight is 436 g/mol. The predicted molar refractivity (Wildman–Crippen MR) is 108 cm³/mol. The summed E-state index contributed by atoms with van der Waals surface area (Å²) in [5, 5.41) is 10.6. The lowest BCUT2D eigenvalue weighted by Gasteiger charge is -2.06. The zero-order valence-corrected chi connectivity index (χ0v) is 17.3. The normalized spacial score (nSPS) is 11.7. The number of rotatable bonds is 12. The van der Waals surface area contributed by atoms with Crippen molar-refractivity contribution in [2.45, 2.75) is 17.9 Å². The van der Waals surface area contributed by atoms with Gasteiger partial charge >= 0.3 is 0 Å². The first-order valence-corrected chi connectivity index (χ1v) is 10.6. The van der Waals surface area contributed by atoms with Crippen LogP contribution in [-0.4, -0.2) is 57.3 Å². The fourth-order valence-corrected chi connectivity index (χ4v) is 3.09. The Balaban J connectivity index is 1.83. The zero-order valence-electron chi connectivity index (χ0n) is 16.5. The van der Waals surface area contributed by atoms with E-state index in [1.165, 1.54) is 30.5 Å². The van der Waals surface area contributed by atoms with Crippen molar-refractivity contribution in [2.24, 2.45) is 10.2 Å². The van der Waals surface area contributed by atoms with Crippen LogP contribution in [0.3, 0.4) is 0 Å². The van der Waals surface area contributed by atoms with Crippen molar-refractivity contribution in [1.29, 1.82) is 0 Å². The number of carbonyl (C=O) groups excluding carboxylic acids is 1. The Kier molecular flexibility index (Phi) is 9.48. The standard InChI is InChI=1S/C19H24N4O6S/c1-28-11-12-29-10-4-9-20-19(24)16-7-8-18(21-13-16)23-22-14-15-5-2-3-6-17(15)30(25,26)27/h2-3,5-8,13H,4,9-12,14H2,1H3,(H,20,24)(H,25,26,27). The largest absolute Gasteiger partial charge is 0.382 e. The lowest BCUT2D eigenvalue weighted by atomic mass is 10.2. The molecule has 162 valence electrons. The molecule has 0 aliphatic heterocycles. The third-order valence-electron chi connectivity index (χ3n) is 3.86. The van der Waals surface area contributed by atoms with Crippen molar-refractivity contribution in [1.82, 2.24) is 10.3 Å². The lowest BCUT2D eigenvalue weighted by Crippen LogP contribution is -2.25. The highest BCUT2D eigenvalue weighted by molar-refractivity contribution is 7.85. The van der Waals surface area contributed by atoms with Crippen LogP contribution in [0.5, 0.6) is 0 Å². The van der Waals surface area contributed by atoms with E-state index in [1.807, 2.05) is 0 Å². The maximum absolute atomic E-state index is 12.1. The molecule has 0 spiro atoms. The van der Waals surface area contributed by atoms with Gasteiger partial charge in [0.15, 0.2) is 5.82 Å².